The van der Waals surface area contributed by atoms with E-state index >= 15 is 0 Å². The summed E-state index contributed by atoms with van der Waals surface area (Å²) >= 11 is 0. The lowest BCUT2D eigenvalue weighted by Gasteiger charge is -2.12. The van der Waals surface area contributed by atoms with Gasteiger partial charge in [-0.3, -0.25) is 0 Å². The van der Waals surface area contributed by atoms with Crippen LogP contribution in [0.2, 0.25) is 0 Å². The Hall–Kier alpha value is -3.06. The standard InChI is InChI=1S/C20H19N3O/c1-3-14(2)24-17-10-8-15(9-11-17)12-16(13-21)20-22-18-6-4-5-7-19(18)23-20/h4-12,14H,3H2,1-2H3,(H,22,23)/b16-12-/t14-/m1/s1. The van der Waals surface area contributed by atoms with E-state index in [-0.39, 0.29) is 6.10 Å². The number of benzene rings is 2. The summed E-state index contributed by atoms with van der Waals surface area (Å²) in [6, 6.07) is 17.7. The number of hydrogen-bond acceptors (Lipinski definition) is 3. The molecular weight excluding hydrogens is 298 g/mol. The number of rotatable bonds is 5. The summed E-state index contributed by atoms with van der Waals surface area (Å²) in [5.41, 5.74) is 3.21. The van der Waals surface area contributed by atoms with Crippen LogP contribution in [0.1, 0.15) is 31.7 Å². The van der Waals surface area contributed by atoms with Crippen molar-refractivity contribution in [2.75, 3.05) is 0 Å². The number of aromatic amines is 1. The zero-order valence-electron chi connectivity index (χ0n) is 13.8. The zero-order chi connectivity index (χ0) is 16.9. The van der Waals surface area contributed by atoms with E-state index in [0.717, 1.165) is 28.8 Å². The Bertz CT molecular complexity index is 868. The molecule has 0 fully saturated rings. The SMILES string of the molecule is CC[C@@H](C)Oc1ccc(/C=C(/C#N)c2nc3ccccc3[nH]2)cc1. The van der Waals surface area contributed by atoms with Crippen LogP contribution in [-0.4, -0.2) is 16.1 Å². The first-order valence-electron chi connectivity index (χ1n) is 8.03. The number of aromatic nitrogens is 2. The van der Waals surface area contributed by atoms with Crippen molar-refractivity contribution in [2.24, 2.45) is 0 Å². The van der Waals surface area contributed by atoms with E-state index in [4.69, 9.17) is 4.74 Å². The number of H-pyrrole nitrogens is 1. The summed E-state index contributed by atoms with van der Waals surface area (Å²) in [5.74, 6) is 1.42. The molecule has 3 rings (SSSR count). The maximum atomic E-state index is 9.47. The van der Waals surface area contributed by atoms with Gasteiger partial charge >= 0.3 is 0 Å². The van der Waals surface area contributed by atoms with Crippen molar-refractivity contribution in [1.82, 2.24) is 9.97 Å². The Kier molecular flexibility index (Phi) is 4.62. The number of ether oxygens (including phenoxy) is 1. The van der Waals surface area contributed by atoms with Gasteiger partial charge in [0.15, 0.2) is 0 Å². The highest BCUT2D eigenvalue weighted by atomic mass is 16.5. The molecule has 2 aromatic carbocycles. The molecule has 4 heteroatoms. The van der Waals surface area contributed by atoms with Gasteiger partial charge < -0.3 is 9.72 Å². The van der Waals surface area contributed by atoms with Gasteiger partial charge in [0.2, 0.25) is 0 Å². The predicted octanol–water partition coefficient (Wildman–Crippen LogP) is 4.80. The molecule has 0 saturated carbocycles. The van der Waals surface area contributed by atoms with Crippen molar-refractivity contribution in [3.05, 3.63) is 59.9 Å². The molecule has 24 heavy (non-hydrogen) atoms. The fraction of sp³-hybridized carbons (Fsp3) is 0.200. The normalized spacial score (nSPS) is 12.8. The molecule has 0 aliphatic carbocycles. The molecule has 0 amide bonds. The van der Waals surface area contributed by atoms with Crippen LogP contribution < -0.4 is 4.74 Å². The number of nitrogens with zero attached hydrogens (tertiary/aromatic N) is 2. The van der Waals surface area contributed by atoms with E-state index in [0.29, 0.717) is 11.4 Å². The van der Waals surface area contributed by atoms with Gasteiger partial charge in [0.1, 0.15) is 17.6 Å². The first-order valence-corrected chi connectivity index (χ1v) is 8.03. The van der Waals surface area contributed by atoms with E-state index in [1.807, 2.05) is 61.5 Å². The minimum Gasteiger partial charge on any atom is -0.491 e. The second-order valence-corrected chi connectivity index (χ2v) is 5.68. The summed E-state index contributed by atoms with van der Waals surface area (Å²) in [5, 5.41) is 9.47. The lowest BCUT2D eigenvalue weighted by Crippen LogP contribution is -2.09. The Morgan fingerprint density at radius 1 is 1.25 bits per heavy atom. The van der Waals surface area contributed by atoms with E-state index in [2.05, 4.69) is 23.0 Å². The fourth-order valence-corrected chi connectivity index (χ4v) is 2.36. The van der Waals surface area contributed by atoms with E-state index < -0.39 is 0 Å². The molecule has 4 nitrogen and oxygen atoms in total. The minimum atomic E-state index is 0.191. The molecule has 0 bridgehead atoms. The Morgan fingerprint density at radius 2 is 2.00 bits per heavy atom. The van der Waals surface area contributed by atoms with Crippen molar-refractivity contribution in [1.29, 1.82) is 5.26 Å². The third-order valence-electron chi connectivity index (χ3n) is 3.87. The van der Waals surface area contributed by atoms with Crippen LogP contribution in [0.5, 0.6) is 5.75 Å². The fourth-order valence-electron chi connectivity index (χ4n) is 2.36. The van der Waals surface area contributed by atoms with Crippen molar-refractivity contribution >= 4 is 22.7 Å². The average Bonchev–Trinajstić information content (AvgIpc) is 3.04. The third-order valence-corrected chi connectivity index (χ3v) is 3.87. The molecule has 0 unspecified atom stereocenters. The summed E-state index contributed by atoms with van der Waals surface area (Å²) in [6.07, 6.45) is 2.98. The van der Waals surface area contributed by atoms with Gasteiger partial charge in [0, 0.05) is 0 Å². The molecule has 0 aliphatic rings. The molecule has 1 aromatic heterocycles. The topological polar surface area (TPSA) is 61.7 Å². The molecule has 1 N–H and O–H groups in total. The monoisotopic (exact) mass is 317 g/mol. The van der Waals surface area contributed by atoms with Gasteiger partial charge in [-0.15, -0.1) is 0 Å². The number of para-hydroxylation sites is 2. The van der Waals surface area contributed by atoms with Crippen LogP contribution >= 0.6 is 0 Å². The molecule has 120 valence electrons. The highest BCUT2D eigenvalue weighted by Crippen LogP contribution is 2.21. The summed E-state index contributed by atoms with van der Waals surface area (Å²) in [7, 11) is 0. The largest absolute Gasteiger partial charge is 0.491 e. The number of nitrogens with one attached hydrogen (secondary N) is 1. The molecular formula is C20H19N3O. The summed E-state index contributed by atoms with van der Waals surface area (Å²) in [4.78, 5) is 7.66. The summed E-state index contributed by atoms with van der Waals surface area (Å²) < 4.78 is 5.77. The van der Waals surface area contributed by atoms with Crippen molar-refractivity contribution in [3.8, 4) is 11.8 Å². The van der Waals surface area contributed by atoms with Crippen LogP contribution in [0.15, 0.2) is 48.5 Å². The van der Waals surface area contributed by atoms with Gasteiger partial charge in [-0.2, -0.15) is 5.26 Å². The molecule has 3 aromatic rings. The van der Waals surface area contributed by atoms with Gasteiger partial charge in [-0.05, 0) is 49.2 Å². The van der Waals surface area contributed by atoms with E-state index in [1.165, 1.54) is 0 Å². The lowest BCUT2D eigenvalue weighted by atomic mass is 10.1. The predicted molar refractivity (Wildman–Crippen MR) is 96.4 cm³/mol. The molecule has 0 aliphatic heterocycles. The Morgan fingerprint density at radius 3 is 2.67 bits per heavy atom. The maximum absolute atomic E-state index is 9.47. The minimum absolute atomic E-state index is 0.191. The maximum Gasteiger partial charge on any atom is 0.149 e. The first kappa shape index (κ1) is 15.8. The van der Waals surface area contributed by atoms with Gasteiger partial charge in [-0.1, -0.05) is 31.2 Å². The number of nitriles is 1. The zero-order valence-corrected chi connectivity index (χ0v) is 13.8. The van der Waals surface area contributed by atoms with Crippen molar-refractivity contribution in [3.63, 3.8) is 0 Å². The first-order chi connectivity index (χ1) is 11.7. The number of hydrogen-bond donors (Lipinski definition) is 1. The van der Waals surface area contributed by atoms with Crippen molar-refractivity contribution in [2.45, 2.75) is 26.4 Å². The number of fused-ring (bicyclic) bond motifs is 1. The van der Waals surface area contributed by atoms with Crippen LogP contribution in [0.25, 0.3) is 22.7 Å². The Labute approximate surface area is 141 Å². The van der Waals surface area contributed by atoms with Gasteiger partial charge in [0.05, 0.1) is 22.7 Å². The number of allylic oxidation sites excluding steroid dienone is 1. The summed E-state index contributed by atoms with van der Waals surface area (Å²) in [6.45, 7) is 4.14. The molecule has 0 radical (unpaired) electrons. The van der Waals surface area contributed by atoms with Crippen LogP contribution in [0.3, 0.4) is 0 Å². The highest BCUT2D eigenvalue weighted by molar-refractivity contribution is 5.90. The second kappa shape index (κ2) is 7.01. The van der Waals surface area contributed by atoms with Crippen LogP contribution in [0, 0.1) is 11.3 Å². The molecule has 1 atom stereocenters. The quantitative estimate of drug-likeness (QED) is 0.687. The number of imidazole rings is 1. The van der Waals surface area contributed by atoms with E-state index in [9.17, 15) is 5.26 Å². The van der Waals surface area contributed by atoms with Crippen LogP contribution in [0.4, 0.5) is 0 Å². The molecule has 1 heterocycles. The third kappa shape index (κ3) is 3.47. The second-order valence-electron chi connectivity index (χ2n) is 5.68. The van der Waals surface area contributed by atoms with E-state index in [1.54, 1.807) is 0 Å². The molecule has 0 spiro atoms. The average molecular weight is 317 g/mol. The van der Waals surface area contributed by atoms with Gasteiger partial charge in [0.25, 0.3) is 0 Å². The van der Waals surface area contributed by atoms with Crippen LogP contribution in [-0.2, 0) is 0 Å². The Balaban J connectivity index is 1.86. The smallest absolute Gasteiger partial charge is 0.149 e. The lowest BCUT2D eigenvalue weighted by molar-refractivity contribution is 0.217. The van der Waals surface area contributed by atoms with Gasteiger partial charge in [-0.25, -0.2) is 4.98 Å². The van der Waals surface area contributed by atoms with Crippen molar-refractivity contribution < 1.29 is 4.74 Å². The molecule has 0 saturated heterocycles. The highest BCUT2D eigenvalue weighted by Gasteiger charge is 2.08.